The van der Waals surface area contributed by atoms with Crippen LogP contribution in [0.15, 0.2) is 54.6 Å². The van der Waals surface area contributed by atoms with Gasteiger partial charge in [0.1, 0.15) is 17.5 Å². The van der Waals surface area contributed by atoms with Gasteiger partial charge < -0.3 is 0 Å². The summed E-state index contributed by atoms with van der Waals surface area (Å²) in [6, 6.07) is 16.3. The van der Waals surface area contributed by atoms with Crippen molar-refractivity contribution in [1.82, 2.24) is 0 Å². The molecule has 4 heteroatoms. The van der Waals surface area contributed by atoms with Crippen molar-refractivity contribution < 1.29 is 13.2 Å². The minimum Gasteiger partial charge on any atom is -0.207 e. The lowest BCUT2D eigenvalue weighted by Gasteiger charge is -2.08. The zero-order valence-corrected chi connectivity index (χ0v) is 17.2. The molecule has 3 aromatic carbocycles. The van der Waals surface area contributed by atoms with E-state index in [1.165, 1.54) is 23.3 Å². The third-order valence-corrected chi connectivity index (χ3v) is 5.70. The Labute approximate surface area is 171 Å². The number of halogens is 4. The van der Waals surface area contributed by atoms with E-state index in [1.807, 2.05) is 6.07 Å². The van der Waals surface area contributed by atoms with E-state index in [0.29, 0.717) is 24.0 Å². The molecule has 0 nitrogen and oxygen atoms in total. The van der Waals surface area contributed by atoms with Crippen LogP contribution >= 0.6 is 22.6 Å². The summed E-state index contributed by atoms with van der Waals surface area (Å²) >= 11 is 1.64. The van der Waals surface area contributed by atoms with Gasteiger partial charge in [-0.3, -0.25) is 0 Å². The maximum atomic E-state index is 14.4. The molecule has 0 fully saturated rings. The van der Waals surface area contributed by atoms with E-state index < -0.39 is 11.6 Å². The second kappa shape index (κ2) is 8.91. The summed E-state index contributed by atoms with van der Waals surface area (Å²) in [4.78, 5) is 0. The second-order valence-electron chi connectivity index (χ2n) is 6.78. The molecule has 0 atom stereocenters. The molecule has 0 spiro atoms. The quantitative estimate of drug-likeness (QED) is 0.276. The smallest absolute Gasteiger partial charge is 0.139 e. The Bertz CT molecular complexity index is 910. The van der Waals surface area contributed by atoms with Crippen molar-refractivity contribution in [3.8, 4) is 0 Å². The summed E-state index contributed by atoms with van der Waals surface area (Å²) in [6.07, 6.45) is 2.43. The topological polar surface area (TPSA) is 0 Å². The van der Waals surface area contributed by atoms with Gasteiger partial charge in [-0.05, 0) is 95.7 Å². The summed E-state index contributed by atoms with van der Waals surface area (Å²) in [6.45, 7) is 2.05. The second-order valence-corrected chi connectivity index (χ2v) is 7.86. The van der Waals surface area contributed by atoms with Gasteiger partial charge in [0.2, 0.25) is 0 Å². The lowest BCUT2D eigenvalue weighted by Crippen LogP contribution is -2.00. The van der Waals surface area contributed by atoms with E-state index in [-0.39, 0.29) is 9.39 Å². The van der Waals surface area contributed by atoms with Crippen LogP contribution in [0.1, 0.15) is 27.8 Å². The maximum absolute atomic E-state index is 14.4. The standard InChI is InChI=1S/C23H20F3I/c1-15-2-4-16(5-3-15)6-7-17-8-10-19(20(24)12-17)11-9-18-13-21(25)23(27)22(26)14-18/h2-5,8,10,12-14H,6-7,9,11H2,1H3. The molecule has 3 aromatic rings. The van der Waals surface area contributed by atoms with Crippen LogP contribution in [-0.4, -0.2) is 0 Å². The van der Waals surface area contributed by atoms with E-state index in [9.17, 15) is 13.2 Å². The molecule has 0 aliphatic rings. The molecular formula is C23H20F3I. The van der Waals surface area contributed by atoms with E-state index >= 15 is 0 Å². The molecule has 27 heavy (non-hydrogen) atoms. The largest absolute Gasteiger partial charge is 0.207 e. The van der Waals surface area contributed by atoms with Crippen LogP contribution < -0.4 is 0 Å². The van der Waals surface area contributed by atoms with E-state index in [1.54, 1.807) is 34.7 Å². The molecule has 0 unspecified atom stereocenters. The van der Waals surface area contributed by atoms with Crippen molar-refractivity contribution in [3.05, 3.63) is 103 Å². The fraction of sp³-hybridized carbons (Fsp3) is 0.217. The average Bonchev–Trinajstić information content (AvgIpc) is 2.65. The molecule has 0 heterocycles. The summed E-state index contributed by atoms with van der Waals surface area (Å²) in [5.41, 5.74) is 4.50. The molecule has 0 saturated heterocycles. The van der Waals surface area contributed by atoms with Crippen molar-refractivity contribution in [2.45, 2.75) is 32.6 Å². The zero-order valence-electron chi connectivity index (χ0n) is 15.0. The number of aryl methyl sites for hydroxylation is 5. The minimum atomic E-state index is -0.572. The first kappa shape index (κ1) is 19.9. The van der Waals surface area contributed by atoms with Gasteiger partial charge in [-0.2, -0.15) is 0 Å². The van der Waals surface area contributed by atoms with Gasteiger partial charge in [0.05, 0.1) is 3.57 Å². The predicted octanol–water partition coefficient (Wildman–Crippen LogP) is 6.59. The Hall–Kier alpha value is -1.82. The highest BCUT2D eigenvalue weighted by atomic mass is 127. The van der Waals surface area contributed by atoms with Gasteiger partial charge in [-0.1, -0.05) is 42.0 Å². The summed E-state index contributed by atoms with van der Waals surface area (Å²) in [7, 11) is 0. The lowest BCUT2D eigenvalue weighted by atomic mass is 9.99. The fourth-order valence-corrected chi connectivity index (χ4v) is 3.34. The first-order valence-electron chi connectivity index (χ1n) is 8.88. The fourth-order valence-electron chi connectivity index (χ4n) is 3.02. The van der Waals surface area contributed by atoms with Crippen LogP contribution in [0.4, 0.5) is 13.2 Å². The van der Waals surface area contributed by atoms with Gasteiger partial charge in [0.25, 0.3) is 0 Å². The first-order chi connectivity index (χ1) is 12.9. The SMILES string of the molecule is Cc1ccc(CCc2ccc(CCc3cc(F)c(I)c(F)c3)c(F)c2)cc1. The Balaban J connectivity index is 1.62. The lowest BCUT2D eigenvalue weighted by molar-refractivity contribution is 0.566. The van der Waals surface area contributed by atoms with Crippen molar-refractivity contribution in [3.63, 3.8) is 0 Å². The third-order valence-electron chi connectivity index (χ3n) is 4.67. The molecule has 3 rings (SSSR count). The molecule has 0 N–H and O–H groups in total. The van der Waals surface area contributed by atoms with Crippen LogP contribution in [-0.2, 0) is 25.7 Å². The summed E-state index contributed by atoms with van der Waals surface area (Å²) in [5.74, 6) is -1.40. The third kappa shape index (κ3) is 5.34. The molecule has 0 aliphatic carbocycles. The number of rotatable bonds is 6. The van der Waals surface area contributed by atoms with Crippen LogP contribution in [0, 0.1) is 27.9 Å². The summed E-state index contributed by atoms with van der Waals surface area (Å²) < 4.78 is 41.6. The highest BCUT2D eigenvalue weighted by Gasteiger charge is 2.10. The van der Waals surface area contributed by atoms with Crippen LogP contribution in [0.3, 0.4) is 0 Å². The van der Waals surface area contributed by atoms with Gasteiger partial charge in [0, 0.05) is 0 Å². The number of benzene rings is 3. The molecule has 0 amide bonds. The highest BCUT2D eigenvalue weighted by molar-refractivity contribution is 14.1. The van der Waals surface area contributed by atoms with Crippen molar-refractivity contribution in [2.24, 2.45) is 0 Å². The number of hydrogen-bond acceptors (Lipinski definition) is 0. The summed E-state index contributed by atoms with van der Waals surface area (Å²) in [5, 5.41) is 0. The van der Waals surface area contributed by atoms with Crippen LogP contribution in [0.25, 0.3) is 0 Å². The molecule has 0 radical (unpaired) electrons. The molecule has 0 aliphatic heterocycles. The molecule has 0 aromatic heterocycles. The average molecular weight is 480 g/mol. The number of hydrogen-bond donors (Lipinski definition) is 0. The van der Waals surface area contributed by atoms with Crippen LogP contribution in [0.5, 0.6) is 0 Å². The molecule has 0 bridgehead atoms. The molecular weight excluding hydrogens is 460 g/mol. The Kier molecular flexibility index (Phi) is 6.58. The highest BCUT2D eigenvalue weighted by Crippen LogP contribution is 2.20. The van der Waals surface area contributed by atoms with Crippen LogP contribution in [0.2, 0.25) is 0 Å². The van der Waals surface area contributed by atoms with Gasteiger partial charge >= 0.3 is 0 Å². The first-order valence-corrected chi connectivity index (χ1v) is 9.96. The Morgan fingerprint density at radius 2 is 1.15 bits per heavy atom. The van der Waals surface area contributed by atoms with Gasteiger partial charge in [-0.25, -0.2) is 13.2 Å². The van der Waals surface area contributed by atoms with Crippen molar-refractivity contribution >= 4 is 22.6 Å². The van der Waals surface area contributed by atoms with Gasteiger partial charge in [-0.15, -0.1) is 0 Å². The monoisotopic (exact) mass is 480 g/mol. The van der Waals surface area contributed by atoms with Gasteiger partial charge in [0.15, 0.2) is 0 Å². The Morgan fingerprint density at radius 3 is 1.78 bits per heavy atom. The maximum Gasteiger partial charge on any atom is 0.139 e. The zero-order chi connectivity index (χ0) is 19.4. The van der Waals surface area contributed by atoms with E-state index in [4.69, 9.17) is 0 Å². The van der Waals surface area contributed by atoms with E-state index in [2.05, 4.69) is 31.2 Å². The van der Waals surface area contributed by atoms with E-state index in [0.717, 1.165) is 18.4 Å². The Morgan fingerprint density at radius 1 is 0.630 bits per heavy atom. The molecule has 140 valence electrons. The normalized spacial score (nSPS) is 11.0. The van der Waals surface area contributed by atoms with Crippen molar-refractivity contribution in [2.75, 3.05) is 0 Å². The molecule has 0 saturated carbocycles. The van der Waals surface area contributed by atoms with Crippen molar-refractivity contribution in [1.29, 1.82) is 0 Å². The predicted molar refractivity (Wildman–Crippen MR) is 111 cm³/mol. The minimum absolute atomic E-state index is 0.0135.